The molecule has 1 saturated heterocycles. The second kappa shape index (κ2) is 7.37. The number of amides is 2. The minimum absolute atomic E-state index is 0.142. The number of carbonyl (C=O) groups is 2. The number of piperazine rings is 1. The molecule has 144 valence electrons. The molecule has 1 aromatic carbocycles. The highest BCUT2D eigenvalue weighted by atomic mass is 35.5. The van der Waals surface area contributed by atoms with Crippen LogP contribution in [0.4, 0.5) is 4.79 Å². The number of hydrogen-bond donors (Lipinski definition) is 1. The molecule has 1 N–H and O–H groups in total. The molecule has 1 fully saturated rings. The van der Waals surface area contributed by atoms with Crippen molar-refractivity contribution >= 4 is 45.8 Å². The third kappa shape index (κ3) is 3.41. The number of thiazole rings is 1. The van der Waals surface area contributed by atoms with Gasteiger partial charge in [-0.3, -0.25) is 4.79 Å². The van der Waals surface area contributed by atoms with Crippen molar-refractivity contribution in [2.24, 2.45) is 0 Å². The van der Waals surface area contributed by atoms with E-state index in [1.54, 1.807) is 42.3 Å². The number of aromatic nitrogens is 2. The van der Waals surface area contributed by atoms with E-state index in [4.69, 9.17) is 11.6 Å². The number of carbonyl (C=O) groups excluding carboxylic acids is 1. The van der Waals surface area contributed by atoms with Crippen molar-refractivity contribution in [1.29, 1.82) is 0 Å². The normalized spacial score (nSPS) is 17.1. The zero-order valence-corrected chi connectivity index (χ0v) is 16.6. The Balaban J connectivity index is 1.64. The first-order valence-corrected chi connectivity index (χ1v) is 9.99. The lowest BCUT2D eigenvalue weighted by molar-refractivity contribution is 0.0507. The molecule has 9 heteroatoms. The van der Waals surface area contributed by atoms with E-state index in [-0.39, 0.29) is 11.9 Å². The summed E-state index contributed by atoms with van der Waals surface area (Å²) in [7, 11) is 0. The van der Waals surface area contributed by atoms with E-state index >= 15 is 0 Å². The largest absolute Gasteiger partial charge is 0.465 e. The number of pyridine rings is 1. The van der Waals surface area contributed by atoms with Gasteiger partial charge < -0.3 is 14.9 Å². The Labute approximate surface area is 170 Å². The summed E-state index contributed by atoms with van der Waals surface area (Å²) in [6, 6.07) is 6.78. The zero-order chi connectivity index (χ0) is 19.8. The maximum Gasteiger partial charge on any atom is 0.407 e. The summed E-state index contributed by atoms with van der Waals surface area (Å²) in [6.45, 7) is 2.82. The van der Waals surface area contributed by atoms with Gasteiger partial charge >= 0.3 is 6.09 Å². The Hall–Kier alpha value is -2.71. The van der Waals surface area contributed by atoms with Crippen molar-refractivity contribution in [3.05, 3.63) is 46.4 Å². The monoisotopic (exact) mass is 416 g/mol. The lowest BCUT2D eigenvalue weighted by Crippen LogP contribution is -2.55. The SMILES string of the molecule is CC1CN(C(=O)c2ccc3c(Cl)cc(-c4nccs4)nc3c2)CCN1C(=O)O. The first kappa shape index (κ1) is 18.6. The number of rotatable bonds is 2. The Morgan fingerprint density at radius 3 is 2.79 bits per heavy atom. The van der Waals surface area contributed by atoms with E-state index in [0.717, 1.165) is 10.4 Å². The van der Waals surface area contributed by atoms with Crippen LogP contribution in [-0.4, -0.2) is 62.6 Å². The highest BCUT2D eigenvalue weighted by Gasteiger charge is 2.30. The molecule has 1 aliphatic heterocycles. The van der Waals surface area contributed by atoms with Crippen LogP contribution in [0.5, 0.6) is 0 Å². The topological polar surface area (TPSA) is 86.6 Å². The molecule has 7 nitrogen and oxygen atoms in total. The Kier molecular flexibility index (Phi) is 4.91. The molecule has 0 bridgehead atoms. The summed E-state index contributed by atoms with van der Waals surface area (Å²) in [5.41, 5.74) is 1.80. The van der Waals surface area contributed by atoms with Crippen molar-refractivity contribution in [3.63, 3.8) is 0 Å². The van der Waals surface area contributed by atoms with E-state index in [9.17, 15) is 14.7 Å². The lowest BCUT2D eigenvalue weighted by atomic mass is 10.1. The number of fused-ring (bicyclic) bond motifs is 1. The van der Waals surface area contributed by atoms with E-state index in [2.05, 4.69) is 9.97 Å². The van der Waals surface area contributed by atoms with Crippen LogP contribution in [0.15, 0.2) is 35.8 Å². The van der Waals surface area contributed by atoms with Crippen molar-refractivity contribution in [2.75, 3.05) is 19.6 Å². The van der Waals surface area contributed by atoms with Gasteiger partial charge in [-0.05, 0) is 25.1 Å². The summed E-state index contributed by atoms with van der Waals surface area (Å²) in [5, 5.41) is 13.1. The minimum Gasteiger partial charge on any atom is -0.465 e. The lowest BCUT2D eigenvalue weighted by Gasteiger charge is -2.38. The van der Waals surface area contributed by atoms with Gasteiger partial charge in [-0.2, -0.15) is 0 Å². The average molecular weight is 417 g/mol. The van der Waals surface area contributed by atoms with E-state index in [0.29, 0.717) is 41.4 Å². The molecule has 1 unspecified atom stereocenters. The molecule has 4 rings (SSSR count). The minimum atomic E-state index is -0.959. The van der Waals surface area contributed by atoms with Gasteiger partial charge in [0.25, 0.3) is 5.91 Å². The van der Waals surface area contributed by atoms with Gasteiger partial charge in [0, 0.05) is 48.2 Å². The standard InChI is InChI=1S/C19H17ClN4O3S/c1-11-10-23(5-6-24(11)19(26)27)18(25)12-2-3-13-14(20)9-16(22-15(13)8-12)17-21-4-7-28-17/h2-4,7-9,11H,5-6,10H2,1H3,(H,26,27). The van der Waals surface area contributed by atoms with Crippen LogP contribution in [-0.2, 0) is 0 Å². The van der Waals surface area contributed by atoms with Crippen LogP contribution in [0.3, 0.4) is 0 Å². The Morgan fingerprint density at radius 1 is 1.29 bits per heavy atom. The van der Waals surface area contributed by atoms with E-state index in [1.807, 2.05) is 5.38 Å². The fourth-order valence-electron chi connectivity index (χ4n) is 3.39. The molecule has 2 amide bonds. The van der Waals surface area contributed by atoms with Gasteiger partial charge in [0.15, 0.2) is 0 Å². The molecule has 0 aliphatic carbocycles. The predicted molar refractivity (Wildman–Crippen MR) is 108 cm³/mol. The van der Waals surface area contributed by atoms with Gasteiger partial charge in [0.05, 0.1) is 10.5 Å². The number of carboxylic acid groups (broad SMARTS) is 1. The Morgan fingerprint density at radius 2 is 2.11 bits per heavy atom. The van der Waals surface area contributed by atoms with Gasteiger partial charge in [0.2, 0.25) is 0 Å². The molecular formula is C19H17ClN4O3S. The zero-order valence-electron chi connectivity index (χ0n) is 15.0. The average Bonchev–Trinajstić information content (AvgIpc) is 3.21. The van der Waals surface area contributed by atoms with Gasteiger partial charge in [-0.1, -0.05) is 17.7 Å². The third-order valence-electron chi connectivity index (χ3n) is 4.82. The number of benzene rings is 1. The summed E-state index contributed by atoms with van der Waals surface area (Å²) < 4.78 is 0. The van der Waals surface area contributed by atoms with Gasteiger partial charge in [0.1, 0.15) is 10.7 Å². The smallest absolute Gasteiger partial charge is 0.407 e. The highest BCUT2D eigenvalue weighted by Crippen LogP contribution is 2.30. The van der Waals surface area contributed by atoms with Crippen LogP contribution in [0.25, 0.3) is 21.6 Å². The van der Waals surface area contributed by atoms with Crippen molar-refractivity contribution in [1.82, 2.24) is 19.8 Å². The molecule has 1 aliphatic rings. The quantitative estimate of drug-likeness (QED) is 0.685. The molecule has 0 spiro atoms. The van der Waals surface area contributed by atoms with Crippen LogP contribution in [0.2, 0.25) is 5.02 Å². The van der Waals surface area contributed by atoms with E-state index in [1.165, 1.54) is 16.2 Å². The Bertz CT molecular complexity index is 1060. The third-order valence-corrected chi connectivity index (χ3v) is 5.93. The van der Waals surface area contributed by atoms with Crippen molar-refractivity contribution in [3.8, 4) is 10.7 Å². The maximum atomic E-state index is 13.0. The summed E-state index contributed by atoms with van der Waals surface area (Å²) in [6.07, 6.45) is 0.747. The van der Waals surface area contributed by atoms with Gasteiger partial charge in [-0.25, -0.2) is 14.8 Å². The first-order chi connectivity index (χ1) is 13.4. The van der Waals surface area contributed by atoms with Crippen molar-refractivity contribution < 1.29 is 14.7 Å². The molecule has 0 saturated carbocycles. The predicted octanol–water partition coefficient (Wildman–Crippen LogP) is 3.84. The second-order valence-electron chi connectivity index (χ2n) is 6.63. The number of nitrogens with zero attached hydrogens (tertiary/aromatic N) is 4. The molecule has 2 aromatic heterocycles. The summed E-state index contributed by atoms with van der Waals surface area (Å²) >= 11 is 7.87. The summed E-state index contributed by atoms with van der Waals surface area (Å²) in [4.78, 5) is 36.1. The molecule has 28 heavy (non-hydrogen) atoms. The number of halogens is 1. The molecule has 3 aromatic rings. The fourth-order valence-corrected chi connectivity index (χ4v) is 4.25. The fraction of sp³-hybridized carbons (Fsp3) is 0.263. The van der Waals surface area contributed by atoms with Crippen molar-refractivity contribution in [2.45, 2.75) is 13.0 Å². The maximum absolute atomic E-state index is 13.0. The van der Waals surface area contributed by atoms with Gasteiger partial charge in [-0.15, -0.1) is 11.3 Å². The number of hydrogen-bond acceptors (Lipinski definition) is 5. The van der Waals surface area contributed by atoms with Crippen LogP contribution >= 0.6 is 22.9 Å². The molecular weight excluding hydrogens is 400 g/mol. The van der Waals surface area contributed by atoms with Crippen LogP contribution in [0, 0.1) is 0 Å². The van der Waals surface area contributed by atoms with Crippen LogP contribution in [0.1, 0.15) is 17.3 Å². The highest BCUT2D eigenvalue weighted by molar-refractivity contribution is 7.13. The first-order valence-electron chi connectivity index (χ1n) is 8.73. The molecule has 0 radical (unpaired) electrons. The second-order valence-corrected chi connectivity index (χ2v) is 7.94. The van der Waals surface area contributed by atoms with Crippen LogP contribution < -0.4 is 0 Å². The van der Waals surface area contributed by atoms with E-state index < -0.39 is 6.09 Å². The molecule has 1 atom stereocenters. The summed E-state index contributed by atoms with van der Waals surface area (Å²) in [5.74, 6) is -0.142. The molecule has 3 heterocycles.